The lowest BCUT2D eigenvalue weighted by Gasteiger charge is -2.22. The summed E-state index contributed by atoms with van der Waals surface area (Å²) in [5, 5.41) is 6.92. The van der Waals surface area contributed by atoms with E-state index in [1.807, 2.05) is 47.8 Å². The molecular weight excluding hydrogens is 522 g/mol. The summed E-state index contributed by atoms with van der Waals surface area (Å²) in [4.78, 5) is 27.4. The average molecular weight is 556 g/mol. The van der Waals surface area contributed by atoms with E-state index in [2.05, 4.69) is 49.6 Å². The SMILES string of the molecule is COc1ccc(CN(CCc2c[nH]c3ccccc23)Cc2nc(C(=O)NCCc3ccccn3)cs2)c(OC)c1. The quantitative estimate of drug-likeness (QED) is 0.206. The lowest BCUT2D eigenvalue weighted by atomic mass is 10.1. The van der Waals surface area contributed by atoms with E-state index < -0.39 is 0 Å². The molecule has 3 heterocycles. The number of H-pyrrole nitrogens is 1. The number of hydrogen-bond acceptors (Lipinski definition) is 7. The summed E-state index contributed by atoms with van der Waals surface area (Å²) in [5.74, 6) is 1.37. The summed E-state index contributed by atoms with van der Waals surface area (Å²) in [7, 11) is 3.32. The second kappa shape index (κ2) is 13.2. The minimum Gasteiger partial charge on any atom is -0.497 e. The van der Waals surface area contributed by atoms with Gasteiger partial charge in [-0.1, -0.05) is 30.3 Å². The van der Waals surface area contributed by atoms with E-state index in [4.69, 9.17) is 9.47 Å². The Morgan fingerprint density at radius 2 is 1.88 bits per heavy atom. The molecule has 0 saturated carbocycles. The van der Waals surface area contributed by atoms with Crippen molar-refractivity contribution in [1.82, 2.24) is 25.2 Å². The predicted molar refractivity (Wildman–Crippen MR) is 158 cm³/mol. The number of carbonyl (C=O) groups excluding carboxylic acids is 1. The first-order valence-corrected chi connectivity index (χ1v) is 14.1. The van der Waals surface area contributed by atoms with E-state index >= 15 is 0 Å². The fourth-order valence-electron chi connectivity index (χ4n) is 4.67. The second-order valence-corrected chi connectivity index (χ2v) is 10.4. The lowest BCUT2D eigenvalue weighted by Crippen LogP contribution is -2.27. The van der Waals surface area contributed by atoms with Crippen LogP contribution in [0.5, 0.6) is 11.5 Å². The van der Waals surface area contributed by atoms with E-state index in [0.717, 1.165) is 46.2 Å². The number of pyridine rings is 1. The van der Waals surface area contributed by atoms with Crippen LogP contribution in [0.25, 0.3) is 10.9 Å². The maximum Gasteiger partial charge on any atom is 0.270 e. The Labute approximate surface area is 238 Å². The van der Waals surface area contributed by atoms with Crippen molar-refractivity contribution in [3.8, 4) is 11.5 Å². The molecule has 0 bridgehead atoms. The van der Waals surface area contributed by atoms with Crippen molar-refractivity contribution in [3.63, 3.8) is 0 Å². The summed E-state index contributed by atoms with van der Waals surface area (Å²) in [6.45, 7) is 2.60. The summed E-state index contributed by atoms with van der Waals surface area (Å²) < 4.78 is 11.1. The van der Waals surface area contributed by atoms with Crippen molar-refractivity contribution in [2.75, 3.05) is 27.3 Å². The molecule has 0 aliphatic rings. The van der Waals surface area contributed by atoms with Crippen LogP contribution in [-0.4, -0.2) is 53.1 Å². The maximum absolute atomic E-state index is 12.7. The van der Waals surface area contributed by atoms with Gasteiger partial charge in [0.25, 0.3) is 5.91 Å². The molecule has 0 fully saturated rings. The smallest absolute Gasteiger partial charge is 0.270 e. The zero-order valence-corrected chi connectivity index (χ0v) is 23.5. The van der Waals surface area contributed by atoms with Crippen LogP contribution in [0.3, 0.4) is 0 Å². The van der Waals surface area contributed by atoms with Crippen molar-refractivity contribution >= 4 is 28.1 Å². The van der Waals surface area contributed by atoms with Crippen LogP contribution >= 0.6 is 11.3 Å². The highest BCUT2D eigenvalue weighted by Crippen LogP contribution is 2.27. The summed E-state index contributed by atoms with van der Waals surface area (Å²) in [6.07, 6.45) is 5.40. The van der Waals surface area contributed by atoms with Gasteiger partial charge in [0.15, 0.2) is 0 Å². The van der Waals surface area contributed by atoms with Gasteiger partial charge < -0.3 is 19.8 Å². The molecule has 9 heteroatoms. The van der Waals surface area contributed by atoms with Gasteiger partial charge in [-0.2, -0.15) is 0 Å². The van der Waals surface area contributed by atoms with E-state index in [-0.39, 0.29) is 5.91 Å². The Kier molecular flexibility index (Phi) is 9.05. The first kappa shape index (κ1) is 27.4. The number of para-hydroxylation sites is 1. The van der Waals surface area contributed by atoms with Gasteiger partial charge in [-0.25, -0.2) is 4.98 Å². The third kappa shape index (κ3) is 6.86. The first-order chi connectivity index (χ1) is 19.6. The molecule has 2 N–H and O–H groups in total. The van der Waals surface area contributed by atoms with Gasteiger partial charge in [0.2, 0.25) is 0 Å². The van der Waals surface area contributed by atoms with Crippen LogP contribution in [0, 0.1) is 0 Å². The number of amides is 1. The van der Waals surface area contributed by atoms with Crippen molar-refractivity contribution in [2.45, 2.75) is 25.9 Å². The van der Waals surface area contributed by atoms with E-state index in [1.54, 1.807) is 20.4 Å². The fourth-order valence-corrected chi connectivity index (χ4v) is 5.49. The molecule has 40 heavy (non-hydrogen) atoms. The number of rotatable bonds is 13. The number of ether oxygens (including phenoxy) is 2. The number of aromatic nitrogens is 3. The molecule has 5 aromatic rings. The van der Waals surface area contributed by atoms with Crippen LogP contribution in [0.1, 0.15) is 32.3 Å². The van der Waals surface area contributed by atoms with Crippen LogP contribution in [-0.2, 0) is 25.9 Å². The Morgan fingerprint density at radius 3 is 2.70 bits per heavy atom. The largest absolute Gasteiger partial charge is 0.497 e. The lowest BCUT2D eigenvalue weighted by molar-refractivity contribution is 0.0949. The van der Waals surface area contributed by atoms with Gasteiger partial charge in [0.1, 0.15) is 22.2 Å². The molecule has 3 aromatic heterocycles. The molecular formula is C31H33N5O3S. The molecule has 0 radical (unpaired) electrons. The van der Waals surface area contributed by atoms with Gasteiger partial charge in [-0.15, -0.1) is 11.3 Å². The monoisotopic (exact) mass is 555 g/mol. The zero-order chi connectivity index (χ0) is 27.7. The molecule has 8 nitrogen and oxygen atoms in total. The van der Waals surface area contributed by atoms with Crippen molar-refractivity contribution in [1.29, 1.82) is 0 Å². The number of nitrogens with one attached hydrogen (secondary N) is 2. The van der Waals surface area contributed by atoms with Gasteiger partial charge in [-0.3, -0.25) is 14.7 Å². The highest BCUT2D eigenvalue weighted by Gasteiger charge is 2.17. The zero-order valence-electron chi connectivity index (χ0n) is 22.7. The fraction of sp³-hybridized carbons (Fsp3) is 0.258. The Bertz CT molecular complexity index is 1550. The first-order valence-electron chi connectivity index (χ1n) is 13.2. The number of methoxy groups -OCH3 is 2. The van der Waals surface area contributed by atoms with Gasteiger partial charge in [-0.05, 0) is 36.2 Å². The third-order valence-corrected chi connectivity index (χ3v) is 7.63. The molecule has 5 rings (SSSR count). The number of benzene rings is 2. The number of nitrogens with zero attached hydrogens (tertiary/aromatic N) is 3. The second-order valence-electron chi connectivity index (χ2n) is 9.45. The van der Waals surface area contributed by atoms with Crippen LogP contribution in [0.15, 0.2) is 78.4 Å². The summed E-state index contributed by atoms with van der Waals surface area (Å²) in [5.41, 5.74) is 4.86. The van der Waals surface area contributed by atoms with Crippen molar-refractivity contribution in [3.05, 3.63) is 106 Å². The van der Waals surface area contributed by atoms with Gasteiger partial charge >= 0.3 is 0 Å². The summed E-state index contributed by atoms with van der Waals surface area (Å²) in [6, 6.07) is 20.0. The minimum atomic E-state index is -0.166. The highest BCUT2D eigenvalue weighted by atomic mass is 32.1. The maximum atomic E-state index is 12.7. The molecule has 0 aliphatic heterocycles. The Balaban J connectivity index is 1.28. The van der Waals surface area contributed by atoms with Gasteiger partial charge in [0.05, 0.1) is 20.8 Å². The van der Waals surface area contributed by atoms with E-state index in [0.29, 0.717) is 31.7 Å². The van der Waals surface area contributed by atoms with Crippen LogP contribution in [0.2, 0.25) is 0 Å². The van der Waals surface area contributed by atoms with Crippen LogP contribution < -0.4 is 14.8 Å². The molecule has 0 aliphatic carbocycles. The molecule has 0 saturated heterocycles. The Hall–Kier alpha value is -4.21. The van der Waals surface area contributed by atoms with Gasteiger partial charge in [0, 0.05) is 72.1 Å². The third-order valence-electron chi connectivity index (χ3n) is 6.80. The Morgan fingerprint density at radius 1 is 1.00 bits per heavy atom. The number of thiazole rings is 1. The normalized spacial score (nSPS) is 11.2. The van der Waals surface area contributed by atoms with Crippen molar-refractivity contribution < 1.29 is 14.3 Å². The number of aromatic amines is 1. The van der Waals surface area contributed by atoms with E-state index in [1.165, 1.54) is 22.3 Å². The highest BCUT2D eigenvalue weighted by molar-refractivity contribution is 7.09. The number of fused-ring (bicyclic) bond motifs is 1. The van der Waals surface area contributed by atoms with Crippen LogP contribution in [0.4, 0.5) is 0 Å². The molecule has 0 spiro atoms. The summed E-state index contributed by atoms with van der Waals surface area (Å²) >= 11 is 1.51. The average Bonchev–Trinajstić information content (AvgIpc) is 3.64. The molecule has 206 valence electrons. The topological polar surface area (TPSA) is 92.4 Å². The molecule has 2 aromatic carbocycles. The van der Waals surface area contributed by atoms with Crippen molar-refractivity contribution in [2.24, 2.45) is 0 Å². The molecule has 1 amide bonds. The minimum absolute atomic E-state index is 0.166. The standard InChI is InChI=1S/C31H33N5O3S/c1-38-25-11-10-23(29(17-25)39-2)19-36(16-13-22-18-34-27-9-4-3-8-26(22)27)20-30-35-28(21-40-30)31(37)33-15-12-24-7-5-6-14-32-24/h3-11,14,17-18,21,34H,12-13,15-16,19-20H2,1-2H3,(H,33,37). The van der Waals surface area contributed by atoms with E-state index in [9.17, 15) is 4.79 Å². The molecule has 0 atom stereocenters. The number of carbonyl (C=O) groups is 1. The number of hydrogen-bond donors (Lipinski definition) is 2. The molecule has 0 unspecified atom stereocenters. The predicted octanol–water partition coefficient (Wildman–Crippen LogP) is 5.25.